The molecule has 44 heavy (non-hydrogen) atoms. The molecule has 3 aromatic carbocycles. The van der Waals surface area contributed by atoms with E-state index in [2.05, 4.69) is 15.2 Å². The Hall–Kier alpha value is -5.23. The summed E-state index contributed by atoms with van der Waals surface area (Å²) in [5.41, 5.74) is 6.69. The summed E-state index contributed by atoms with van der Waals surface area (Å²) in [6.07, 6.45) is 3.43. The number of carbonyl (C=O) groups is 1. The maximum atomic E-state index is 16.0. The molecule has 1 aliphatic rings. The number of fused-ring (bicyclic) bond motifs is 2. The van der Waals surface area contributed by atoms with Crippen molar-refractivity contribution in [3.63, 3.8) is 0 Å². The first kappa shape index (κ1) is 27.6. The molecule has 0 radical (unpaired) electrons. The summed E-state index contributed by atoms with van der Waals surface area (Å²) in [6.45, 7) is 3.97. The third kappa shape index (κ3) is 4.45. The Bertz CT molecular complexity index is 2130. The van der Waals surface area contributed by atoms with Gasteiger partial charge in [0.05, 0.1) is 59.2 Å². The fraction of sp³-hybridized carbons (Fsp3) is 0.250. The van der Waals surface area contributed by atoms with Gasteiger partial charge in [-0.1, -0.05) is 12.1 Å². The molecule has 0 aliphatic carbocycles. The van der Waals surface area contributed by atoms with Gasteiger partial charge >= 0.3 is 5.69 Å². The van der Waals surface area contributed by atoms with E-state index in [-0.39, 0.29) is 11.6 Å². The molecule has 0 atom stereocenters. The van der Waals surface area contributed by atoms with Crippen molar-refractivity contribution < 1.29 is 13.9 Å². The molecule has 0 spiro atoms. The van der Waals surface area contributed by atoms with Crippen molar-refractivity contribution in [1.82, 2.24) is 28.2 Å². The second-order valence-electron chi connectivity index (χ2n) is 11.1. The SMILES string of the molecule is CC(=O)Nc1ccc(-c2cc3nc(-c4cncn4C)n(-c4cc(N5CCOCC5)c5c(c4)n(C)c(=O)n5C)c3cc2F)cc1. The van der Waals surface area contributed by atoms with E-state index in [9.17, 15) is 9.59 Å². The van der Waals surface area contributed by atoms with E-state index in [1.807, 2.05) is 28.3 Å². The molecular formula is C32H31FN8O3. The van der Waals surface area contributed by atoms with Gasteiger partial charge in [0.25, 0.3) is 0 Å². The number of aryl methyl sites for hydroxylation is 3. The van der Waals surface area contributed by atoms with E-state index in [0.717, 1.165) is 28.1 Å². The van der Waals surface area contributed by atoms with Gasteiger partial charge in [0.2, 0.25) is 5.91 Å². The summed E-state index contributed by atoms with van der Waals surface area (Å²) in [6, 6.07) is 14.3. The average Bonchev–Trinajstić information content (AvgIpc) is 3.67. The van der Waals surface area contributed by atoms with Crippen LogP contribution >= 0.6 is 0 Å². The van der Waals surface area contributed by atoms with E-state index in [1.54, 1.807) is 66.1 Å². The lowest BCUT2D eigenvalue weighted by Gasteiger charge is -2.30. The standard InChI is InChI=1S/C32H31FN8O3/c1-19(42)35-21-7-5-20(6-8-21)23-15-25-26(16-24(23)33)41(31(36-25)29-17-34-18-37(29)2)22-13-27-30(39(4)32(43)38(27)3)28(14-22)40-9-11-44-12-10-40/h5-8,13-18H,9-12H2,1-4H3,(H,35,42). The van der Waals surface area contributed by atoms with Crippen molar-refractivity contribution in [2.24, 2.45) is 21.1 Å². The predicted molar refractivity (Wildman–Crippen MR) is 168 cm³/mol. The Labute approximate surface area is 251 Å². The first-order valence-corrected chi connectivity index (χ1v) is 14.3. The Morgan fingerprint density at radius 1 is 0.977 bits per heavy atom. The number of ether oxygens (including phenoxy) is 1. The topological polar surface area (TPSA) is 104 Å². The molecule has 1 amide bonds. The van der Waals surface area contributed by atoms with E-state index < -0.39 is 5.82 Å². The molecule has 11 nitrogen and oxygen atoms in total. The number of nitrogens with zero attached hydrogens (tertiary/aromatic N) is 7. The van der Waals surface area contributed by atoms with Crippen LogP contribution in [-0.4, -0.2) is 60.4 Å². The summed E-state index contributed by atoms with van der Waals surface area (Å²) >= 11 is 0. The lowest BCUT2D eigenvalue weighted by Crippen LogP contribution is -2.36. The summed E-state index contributed by atoms with van der Waals surface area (Å²) in [7, 11) is 5.42. The van der Waals surface area contributed by atoms with Gasteiger partial charge in [-0.2, -0.15) is 0 Å². The minimum absolute atomic E-state index is 0.130. The van der Waals surface area contributed by atoms with Crippen molar-refractivity contribution in [1.29, 1.82) is 0 Å². The molecule has 0 bridgehead atoms. The lowest BCUT2D eigenvalue weighted by atomic mass is 10.0. The number of halogens is 1. The van der Waals surface area contributed by atoms with Gasteiger partial charge in [-0.3, -0.25) is 18.5 Å². The van der Waals surface area contributed by atoms with Crippen molar-refractivity contribution in [2.75, 3.05) is 36.5 Å². The Morgan fingerprint density at radius 3 is 2.41 bits per heavy atom. The van der Waals surface area contributed by atoms with Crippen LogP contribution in [-0.2, 0) is 30.7 Å². The monoisotopic (exact) mass is 594 g/mol. The highest BCUT2D eigenvalue weighted by Gasteiger charge is 2.24. The van der Waals surface area contributed by atoms with Crippen molar-refractivity contribution in [2.45, 2.75) is 6.92 Å². The van der Waals surface area contributed by atoms with Crippen LogP contribution in [0.5, 0.6) is 0 Å². The number of rotatable bonds is 5. The van der Waals surface area contributed by atoms with Crippen LogP contribution in [0.15, 0.2) is 65.8 Å². The van der Waals surface area contributed by atoms with Gasteiger partial charge in [0.1, 0.15) is 11.5 Å². The number of amides is 1. The molecule has 1 fully saturated rings. The molecule has 1 aliphatic heterocycles. The molecule has 7 rings (SSSR count). The van der Waals surface area contributed by atoms with Gasteiger partial charge in [0, 0.05) is 58.5 Å². The molecular weight excluding hydrogens is 563 g/mol. The first-order valence-electron chi connectivity index (χ1n) is 14.3. The fourth-order valence-corrected chi connectivity index (χ4v) is 6.05. The van der Waals surface area contributed by atoms with E-state index in [4.69, 9.17) is 9.72 Å². The number of anilines is 2. The first-order chi connectivity index (χ1) is 21.2. The molecule has 4 heterocycles. The Kier molecular flexibility index (Phi) is 6.58. The van der Waals surface area contributed by atoms with Crippen molar-refractivity contribution in [3.8, 4) is 28.3 Å². The highest BCUT2D eigenvalue weighted by Crippen LogP contribution is 2.37. The van der Waals surface area contributed by atoms with Crippen LogP contribution < -0.4 is 15.9 Å². The van der Waals surface area contributed by atoms with Crippen LogP contribution in [0, 0.1) is 5.82 Å². The number of nitrogens with one attached hydrogen (secondary N) is 1. The second kappa shape index (κ2) is 10.5. The Balaban J connectivity index is 1.48. The van der Waals surface area contributed by atoms with Crippen molar-refractivity contribution >= 4 is 39.3 Å². The lowest BCUT2D eigenvalue weighted by molar-refractivity contribution is -0.114. The normalized spacial score (nSPS) is 13.7. The molecule has 3 aromatic heterocycles. The van der Waals surface area contributed by atoms with Gasteiger partial charge < -0.3 is 19.5 Å². The predicted octanol–water partition coefficient (Wildman–Crippen LogP) is 4.22. The van der Waals surface area contributed by atoms with Crippen LogP contribution in [0.4, 0.5) is 15.8 Å². The number of benzene rings is 3. The maximum absolute atomic E-state index is 16.0. The minimum Gasteiger partial charge on any atom is -0.378 e. The van der Waals surface area contributed by atoms with Gasteiger partial charge in [-0.15, -0.1) is 0 Å². The number of hydrogen-bond acceptors (Lipinski definition) is 6. The Morgan fingerprint density at radius 2 is 1.73 bits per heavy atom. The average molecular weight is 595 g/mol. The van der Waals surface area contributed by atoms with Gasteiger partial charge in [0.15, 0.2) is 5.82 Å². The molecule has 6 aromatic rings. The third-order valence-electron chi connectivity index (χ3n) is 8.24. The summed E-state index contributed by atoms with van der Waals surface area (Å²) in [5, 5.41) is 2.74. The molecule has 1 saturated heterocycles. The zero-order chi connectivity index (χ0) is 30.7. The minimum atomic E-state index is -0.413. The number of aromatic nitrogens is 6. The van der Waals surface area contributed by atoms with E-state index >= 15 is 4.39 Å². The van der Waals surface area contributed by atoms with Crippen LogP contribution in [0.3, 0.4) is 0 Å². The third-order valence-corrected chi connectivity index (χ3v) is 8.24. The quantitative estimate of drug-likeness (QED) is 0.321. The van der Waals surface area contributed by atoms with Crippen LogP contribution in [0.25, 0.3) is 50.4 Å². The fourth-order valence-electron chi connectivity index (χ4n) is 6.05. The number of imidazole rings is 3. The number of morpholine rings is 1. The maximum Gasteiger partial charge on any atom is 0.328 e. The highest BCUT2D eigenvalue weighted by atomic mass is 19.1. The molecule has 0 saturated carbocycles. The largest absolute Gasteiger partial charge is 0.378 e. The highest BCUT2D eigenvalue weighted by molar-refractivity contribution is 5.94. The summed E-state index contributed by atoms with van der Waals surface area (Å²) in [5.74, 6) is -0.000962. The second-order valence-corrected chi connectivity index (χ2v) is 11.1. The van der Waals surface area contributed by atoms with E-state index in [1.165, 1.54) is 13.0 Å². The van der Waals surface area contributed by atoms with Gasteiger partial charge in [-0.05, 0) is 35.9 Å². The zero-order valence-electron chi connectivity index (χ0n) is 24.8. The van der Waals surface area contributed by atoms with Crippen molar-refractivity contribution in [3.05, 3.63) is 77.4 Å². The molecule has 12 heteroatoms. The molecule has 0 unspecified atom stereocenters. The molecule has 224 valence electrons. The summed E-state index contributed by atoms with van der Waals surface area (Å²) < 4.78 is 28.7. The molecule has 1 N–H and O–H groups in total. The smallest absolute Gasteiger partial charge is 0.328 e. The number of carbonyl (C=O) groups excluding carboxylic acids is 1. The number of hydrogen-bond donors (Lipinski definition) is 1. The van der Waals surface area contributed by atoms with Crippen LogP contribution in [0.1, 0.15) is 6.92 Å². The zero-order valence-corrected chi connectivity index (χ0v) is 24.8. The summed E-state index contributed by atoms with van der Waals surface area (Å²) in [4.78, 5) is 36.1. The van der Waals surface area contributed by atoms with Gasteiger partial charge in [-0.25, -0.2) is 19.2 Å². The van der Waals surface area contributed by atoms with E-state index in [0.29, 0.717) is 60.0 Å². The van der Waals surface area contributed by atoms with Crippen LogP contribution in [0.2, 0.25) is 0 Å².